The Morgan fingerprint density at radius 3 is 2.47 bits per heavy atom. The highest BCUT2D eigenvalue weighted by atomic mass is 16.4. The molecule has 1 saturated carbocycles. The van der Waals surface area contributed by atoms with E-state index >= 15 is 0 Å². The number of aliphatic carboxylic acids is 1. The Labute approximate surface area is 102 Å². The molecule has 0 aromatic rings. The average Bonchev–Trinajstić information content (AvgIpc) is 2.65. The average molecular weight is 242 g/mol. The van der Waals surface area contributed by atoms with E-state index < -0.39 is 11.9 Å². The largest absolute Gasteiger partial charge is 0.481 e. The highest BCUT2D eigenvalue weighted by Crippen LogP contribution is 2.29. The van der Waals surface area contributed by atoms with Gasteiger partial charge >= 0.3 is 5.97 Å². The summed E-state index contributed by atoms with van der Waals surface area (Å²) in [5.74, 6) is -1.50. The molecule has 0 saturated heterocycles. The number of hydrogen-bond donors (Lipinski definition) is 3. The standard InChI is InChI=1S/C12H22N2O3/c1-2-9(11(16)17)8-14-10(15)7-12(13)5-3-4-6-12/h9H,2-8,13H2,1H3,(H,14,15)(H,16,17). The van der Waals surface area contributed by atoms with E-state index in [1.54, 1.807) is 6.92 Å². The maximum atomic E-state index is 11.7. The van der Waals surface area contributed by atoms with Crippen molar-refractivity contribution >= 4 is 11.9 Å². The number of nitrogens with two attached hydrogens (primary N) is 1. The zero-order valence-corrected chi connectivity index (χ0v) is 10.4. The smallest absolute Gasteiger partial charge is 0.308 e. The van der Waals surface area contributed by atoms with Crippen molar-refractivity contribution in [3.05, 3.63) is 0 Å². The Morgan fingerprint density at radius 2 is 2.00 bits per heavy atom. The van der Waals surface area contributed by atoms with E-state index in [4.69, 9.17) is 10.8 Å². The van der Waals surface area contributed by atoms with Crippen molar-refractivity contribution in [3.8, 4) is 0 Å². The fourth-order valence-corrected chi connectivity index (χ4v) is 2.28. The molecule has 0 bridgehead atoms. The van der Waals surface area contributed by atoms with Crippen LogP contribution in [0, 0.1) is 5.92 Å². The Bertz CT molecular complexity index is 285. The van der Waals surface area contributed by atoms with Gasteiger partial charge in [0.05, 0.1) is 5.92 Å². The molecular weight excluding hydrogens is 220 g/mol. The molecular formula is C12H22N2O3. The van der Waals surface area contributed by atoms with Crippen molar-refractivity contribution < 1.29 is 14.7 Å². The number of amides is 1. The molecule has 0 heterocycles. The molecule has 1 unspecified atom stereocenters. The quantitative estimate of drug-likeness (QED) is 0.644. The fourth-order valence-electron chi connectivity index (χ4n) is 2.28. The lowest BCUT2D eigenvalue weighted by Crippen LogP contribution is -2.43. The maximum absolute atomic E-state index is 11.7. The summed E-state index contributed by atoms with van der Waals surface area (Å²) in [4.78, 5) is 22.4. The predicted molar refractivity (Wildman–Crippen MR) is 64.4 cm³/mol. The van der Waals surface area contributed by atoms with E-state index in [1.165, 1.54) is 0 Å². The number of carbonyl (C=O) groups is 2. The van der Waals surface area contributed by atoms with Crippen LogP contribution in [0.15, 0.2) is 0 Å². The van der Waals surface area contributed by atoms with Crippen LogP contribution in [0.5, 0.6) is 0 Å². The maximum Gasteiger partial charge on any atom is 0.308 e. The molecule has 1 aliphatic carbocycles. The second kappa shape index (κ2) is 6.00. The molecule has 5 nitrogen and oxygen atoms in total. The topological polar surface area (TPSA) is 92.4 Å². The summed E-state index contributed by atoms with van der Waals surface area (Å²) in [5.41, 5.74) is 5.72. The van der Waals surface area contributed by atoms with E-state index in [-0.39, 0.29) is 18.0 Å². The Balaban J connectivity index is 2.32. The molecule has 0 radical (unpaired) electrons. The molecule has 1 atom stereocenters. The summed E-state index contributed by atoms with van der Waals surface area (Å²) in [6, 6.07) is 0. The number of nitrogens with one attached hydrogen (secondary N) is 1. The number of hydrogen-bond acceptors (Lipinski definition) is 3. The highest BCUT2D eigenvalue weighted by molar-refractivity contribution is 5.78. The molecule has 0 aromatic carbocycles. The van der Waals surface area contributed by atoms with Gasteiger partial charge in [-0.15, -0.1) is 0 Å². The van der Waals surface area contributed by atoms with Gasteiger partial charge in [-0.1, -0.05) is 19.8 Å². The molecule has 17 heavy (non-hydrogen) atoms. The van der Waals surface area contributed by atoms with Crippen LogP contribution in [0.4, 0.5) is 0 Å². The first kappa shape index (κ1) is 14.0. The fraction of sp³-hybridized carbons (Fsp3) is 0.833. The van der Waals surface area contributed by atoms with Crippen LogP contribution in [0.3, 0.4) is 0 Å². The van der Waals surface area contributed by atoms with Crippen LogP contribution >= 0.6 is 0 Å². The summed E-state index contributed by atoms with van der Waals surface area (Å²) in [7, 11) is 0. The SMILES string of the molecule is CCC(CNC(=O)CC1(N)CCCC1)C(=O)O. The van der Waals surface area contributed by atoms with Gasteiger partial charge in [0.2, 0.25) is 5.91 Å². The minimum absolute atomic E-state index is 0.130. The van der Waals surface area contributed by atoms with Gasteiger partial charge < -0.3 is 16.2 Å². The number of rotatable bonds is 6. The van der Waals surface area contributed by atoms with Gasteiger partial charge in [0.25, 0.3) is 0 Å². The third-order valence-corrected chi connectivity index (χ3v) is 3.50. The number of carbonyl (C=O) groups excluding carboxylic acids is 1. The Kier molecular flexibility index (Phi) is 4.93. The first-order valence-corrected chi connectivity index (χ1v) is 6.25. The van der Waals surface area contributed by atoms with E-state index in [1.807, 2.05) is 0 Å². The monoisotopic (exact) mass is 242 g/mol. The first-order valence-electron chi connectivity index (χ1n) is 6.25. The van der Waals surface area contributed by atoms with Crippen LogP contribution in [0.25, 0.3) is 0 Å². The van der Waals surface area contributed by atoms with Gasteiger partial charge in [-0.2, -0.15) is 0 Å². The lowest BCUT2D eigenvalue weighted by Gasteiger charge is -2.23. The zero-order chi connectivity index (χ0) is 12.9. The number of carboxylic acid groups (broad SMARTS) is 1. The first-order chi connectivity index (χ1) is 7.97. The molecule has 5 heteroatoms. The van der Waals surface area contributed by atoms with Gasteiger partial charge in [0.1, 0.15) is 0 Å². The number of carboxylic acids is 1. The highest BCUT2D eigenvalue weighted by Gasteiger charge is 2.31. The zero-order valence-electron chi connectivity index (χ0n) is 10.4. The van der Waals surface area contributed by atoms with Crippen molar-refractivity contribution in [2.45, 2.75) is 51.0 Å². The normalized spacial score (nSPS) is 19.9. The molecule has 0 aliphatic heterocycles. The van der Waals surface area contributed by atoms with Crippen LogP contribution in [-0.2, 0) is 9.59 Å². The molecule has 98 valence electrons. The van der Waals surface area contributed by atoms with Gasteiger partial charge in [-0.3, -0.25) is 9.59 Å². The molecule has 4 N–H and O–H groups in total. The molecule has 0 aromatic heterocycles. The van der Waals surface area contributed by atoms with Crippen LogP contribution in [0.1, 0.15) is 45.4 Å². The summed E-state index contributed by atoms with van der Waals surface area (Å²) < 4.78 is 0. The summed E-state index contributed by atoms with van der Waals surface area (Å²) in [6.07, 6.45) is 4.76. The van der Waals surface area contributed by atoms with E-state index in [0.717, 1.165) is 25.7 Å². The molecule has 1 aliphatic rings. The van der Waals surface area contributed by atoms with Crippen LogP contribution in [0.2, 0.25) is 0 Å². The lowest BCUT2D eigenvalue weighted by atomic mass is 9.94. The van der Waals surface area contributed by atoms with Crippen LogP contribution < -0.4 is 11.1 Å². The van der Waals surface area contributed by atoms with Crippen molar-refractivity contribution in [1.82, 2.24) is 5.32 Å². The molecule has 1 rings (SSSR count). The van der Waals surface area contributed by atoms with E-state index in [9.17, 15) is 9.59 Å². The van der Waals surface area contributed by atoms with Crippen molar-refractivity contribution in [1.29, 1.82) is 0 Å². The Hall–Kier alpha value is -1.10. The molecule has 1 fully saturated rings. The van der Waals surface area contributed by atoms with Gasteiger partial charge in [0.15, 0.2) is 0 Å². The second-order valence-electron chi connectivity index (χ2n) is 4.99. The minimum atomic E-state index is -0.865. The summed E-state index contributed by atoms with van der Waals surface area (Å²) in [6.45, 7) is 1.99. The van der Waals surface area contributed by atoms with Gasteiger partial charge in [-0.25, -0.2) is 0 Å². The van der Waals surface area contributed by atoms with Gasteiger partial charge in [-0.05, 0) is 19.3 Å². The van der Waals surface area contributed by atoms with Crippen LogP contribution in [-0.4, -0.2) is 29.1 Å². The van der Waals surface area contributed by atoms with E-state index in [2.05, 4.69) is 5.32 Å². The minimum Gasteiger partial charge on any atom is -0.481 e. The van der Waals surface area contributed by atoms with Crippen molar-refractivity contribution in [2.24, 2.45) is 11.7 Å². The van der Waals surface area contributed by atoms with Crippen molar-refractivity contribution in [3.63, 3.8) is 0 Å². The lowest BCUT2D eigenvalue weighted by molar-refractivity contribution is -0.141. The molecule has 1 amide bonds. The van der Waals surface area contributed by atoms with Crippen molar-refractivity contribution in [2.75, 3.05) is 6.54 Å². The van der Waals surface area contributed by atoms with Gasteiger partial charge in [0, 0.05) is 18.5 Å². The predicted octanol–water partition coefficient (Wildman–Crippen LogP) is 0.875. The van der Waals surface area contributed by atoms with E-state index in [0.29, 0.717) is 12.8 Å². The summed E-state index contributed by atoms with van der Waals surface area (Å²) >= 11 is 0. The third-order valence-electron chi connectivity index (χ3n) is 3.50. The second-order valence-corrected chi connectivity index (χ2v) is 4.99. The molecule has 0 spiro atoms. The third kappa shape index (κ3) is 4.34. The Morgan fingerprint density at radius 1 is 1.41 bits per heavy atom. The summed E-state index contributed by atoms with van der Waals surface area (Å²) in [5, 5.41) is 11.5.